The van der Waals surface area contributed by atoms with E-state index in [-0.39, 0.29) is 6.10 Å². The molecule has 0 N–H and O–H groups in total. The van der Waals surface area contributed by atoms with Gasteiger partial charge in [0.15, 0.2) is 5.75 Å². The molecule has 2 bridgehead atoms. The molecule has 3 saturated heterocycles. The molecule has 10 nitrogen and oxygen atoms in total. The van der Waals surface area contributed by atoms with E-state index < -0.39 is 0 Å². The minimum Gasteiger partial charge on any atom is -0.485 e. The van der Waals surface area contributed by atoms with Crippen LogP contribution in [0.5, 0.6) is 5.75 Å². The predicted octanol–water partition coefficient (Wildman–Crippen LogP) is 3.44. The summed E-state index contributed by atoms with van der Waals surface area (Å²) < 4.78 is 8.24. The predicted molar refractivity (Wildman–Crippen MR) is 154 cm³/mol. The molecule has 0 radical (unpaired) electrons. The SMILES string of the molecule is Cc1nc2nc(C)c(OC3CCN(c4ccc(-c5ccc(CN6C7CCC6CN(C)C7)nn5)cc4)C3)c(C)n2n1. The highest BCUT2D eigenvalue weighted by Gasteiger charge is 2.38. The van der Waals surface area contributed by atoms with E-state index in [1.165, 1.54) is 18.5 Å². The number of hydrogen-bond donors (Lipinski definition) is 0. The van der Waals surface area contributed by atoms with Crippen molar-refractivity contribution < 1.29 is 4.74 Å². The Hall–Kier alpha value is -3.63. The average Bonchev–Trinajstić information content (AvgIpc) is 3.63. The van der Waals surface area contributed by atoms with Crippen LogP contribution in [0.25, 0.3) is 17.0 Å². The number of fused-ring (bicyclic) bond motifs is 3. The first-order chi connectivity index (χ1) is 19.4. The number of benzene rings is 1. The number of likely N-dealkylation sites (N-methyl/N-ethyl adjacent to an activating group) is 1. The van der Waals surface area contributed by atoms with E-state index in [1.807, 2.05) is 20.8 Å². The Morgan fingerprint density at radius 3 is 2.38 bits per heavy atom. The number of aryl methyl sites for hydroxylation is 3. The van der Waals surface area contributed by atoms with Crippen molar-refractivity contribution >= 4 is 11.5 Å². The van der Waals surface area contributed by atoms with Gasteiger partial charge in [0.1, 0.15) is 11.9 Å². The zero-order valence-electron chi connectivity index (χ0n) is 23.8. The lowest BCUT2D eigenvalue weighted by Gasteiger charge is -2.39. The molecule has 208 valence electrons. The Labute approximate surface area is 235 Å². The quantitative estimate of drug-likeness (QED) is 0.366. The van der Waals surface area contributed by atoms with Crippen molar-refractivity contribution in [1.82, 2.24) is 39.6 Å². The molecule has 3 aliphatic rings. The third-order valence-electron chi connectivity index (χ3n) is 8.78. The van der Waals surface area contributed by atoms with E-state index >= 15 is 0 Å². The Morgan fingerprint density at radius 2 is 1.65 bits per heavy atom. The van der Waals surface area contributed by atoms with E-state index in [1.54, 1.807) is 4.52 Å². The molecule has 3 atom stereocenters. The van der Waals surface area contributed by atoms with Gasteiger partial charge in [0.25, 0.3) is 5.78 Å². The van der Waals surface area contributed by atoms with Gasteiger partial charge >= 0.3 is 0 Å². The summed E-state index contributed by atoms with van der Waals surface area (Å²) in [6.45, 7) is 10.9. The summed E-state index contributed by atoms with van der Waals surface area (Å²) in [7, 11) is 2.24. The van der Waals surface area contributed by atoms with Crippen molar-refractivity contribution in [3.05, 3.63) is 59.3 Å². The lowest BCUT2D eigenvalue weighted by Crippen LogP contribution is -2.51. The summed E-state index contributed by atoms with van der Waals surface area (Å²) in [4.78, 5) is 16.5. The van der Waals surface area contributed by atoms with E-state index in [0.717, 1.165) is 73.2 Å². The van der Waals surface area contributed by atoms with Gasteiger partial charge in [-0.25, -0.2) is 4.98 Å². The largest absolute Gasteiger partial charge is 0.485 e. The number of nitrogens with zero attached hydrogens (tertiary/aromatic N) is 9. The fourth-order valence-electron chi connectivity index (χ4n) is 6.74. The van der Waals surface area contributed by atoms with Crippen LogP contribution in [0.1, 0.15) is 42.2 Å². The monoisotopic (exact) mass is 539 g/mol. The molecule has 10 heteroatoms. The zero-order valence-corrected chi connectivity index (χ0v) is 23.8. The first kappa shape index (κ1) is 25.3. The van der Waals surface area contributed by atoms with Crippen molar-refractivity contribution in [3.8, 4) is 17.0 Å². The van der Waals surface area contributed by atoms with Crippen molar-refractivity contribution in [1.29, 1.82) is 0 Å². The molecule has 4 aromatic rings. The molecule has 7 rings (SSSR count). The summed E-state index contributed by atoms with van der Waals surface area (Å²) in [5, 5.41) is 13.7. The molecule has 3 aliphatic heterocycles. The van der Waals surface area contributed by atoms with Gasteiger partial charge in [-0.15, -0.1) is 5.10 Å². The van der Waals surface area contributed by atoms with Gasteiger partial charge < -0.3 is 14.5 Å². The minimum atomic E-state index is 0.0925. The molecule has 3 fully saturated rings. The Kier molecular flexibility index (Phi) is 6.39. The minimum absolute atomic E-state index is 0.0925. The first-order valence-corrected chi connectivity index (χ1v) is 14.4. The molecular weight excluding hydrogens is 502 g/mol. The van der Waals surface area contributed by atoms with Crippen LogP contribution in [-0.2, 0) is 6.54 Å². The summed E-state index contributed by atoms with van der Waals surface area (Å²) in [5.74, 6) is 2.14. The van der Waals surface area contributed by atoms with Crippen molar-refractivity contribution in [2.75, 3.05) is 38.1 Å². The van der Waals surface area contributed by atoms with E-state index in [0.29, 0.717) is 23.7 Å². The van der Waals surface area contributed by atoms with Crippen molar-refractivity contribution in [2.45, 2.75) is 64.8 Å². The van der Waals surface area contributed by atoms with Crippen LogP contribution in [-0.4, -0.2) is 91.0 Å². The molecule has 0 amide bonds. The highest BCUT2D eigenvalue weighted by Crippen LogP contribution is 2.32. The van der Waals surface area contributed by atoms with Gasteiger partial charge in [0.2, 0.25) is 0 Å². The Morgan fingerprint density at radius 1 is 0.875 bits per heavy atom. The topological polar surface area (TPSA) is 87.8 Å². The lowest BCUT2D eigenvalue weighted by molar-refractivity contribution is 0.0747. The second kappa shape index (κ2) is 10.1. The van der Waals surface area contributed by atoms with Crippen LogP contribution < -0.4 is 9.64 Å². The van der Waals surface area contributed by atoms with Gasteiger partial charge in [0, 0.05) is 55.9 Å². The van der Waals surface area contributed by atoms with Gasteiger partial charge in [0.05, 0.1) is 29.3 Å². The molecule has 3 aromatic heterocycles. The number of anilines is 1. The number of hydrogen-bond acceptors (Lipinski definition) is 9. The maximum Gasteiger partial charge on any atom is 0.253 e. The van der Waals surface area contributed by atoms with Gasteiger partial charge in [-0.1, -0.05) is 12.1 Å². The summed E-state index contributed by atoms with van der Waals surface area (Å²) in [5.41, 5.74) is 6.04. The van der Waals surface area contributed by atoms with Crippen LogP contribution in [0.4, 0.5) is 5.69 Å². The molecule has 6 heterocycles. The van der Waals surface area contributed by atoms with E-state index in [2.05, 4.69) is 83.4 Å². The molecule has 0 spiro atoms. The molecule has 0 saturated carbocycles. The summed E-state index contributed by atoms with van der Waals surface area (Å²) in [6.07, 6.45) is 3.64. The van der Waals surface area contributed by atoms with E-state index in [4.69, 9.17) is 4.74 Å². The van der Waals surface area contributed by atoms with E-state index in [9.17, 15) is 0 Å². The normalized spacial score (nSPS) is 23.4. The molecule has 1 aromatic carbocycles. The van der Waals surface area contributed by atoms with Crippen LogP contribution >= 0.6 is 0 Å². The summed E-state index contributed by atoms with van der Waals surface area (Å²) >= 11 is 0. The highest BCUT2D eigenvalue weighted by atomic mass is 16.5. The number of aromatic nitrogens is 6. The first-order valence-electron chi connectivity index (χ1n) is 14.4. The highest BCUT2D eigenvalue weighted by molar-refractivity contribution is 5.63. The number of rotatable bonds is 6. The fourth-order valence-corrected chi connectivity index (χ4v) is 6.74. The second-order valence-corrected chi connectivity index (χ2v) is 11.7. The van der Waals surface area contributed by atoms with Gasteiger partial charge in [-0.05, 0) is 64.9 Å². The van der Waals surface area contributed by atoms with Crippen molar-refractivity contribution in [2.24, 2.45) is 0 Å². The van der Waals surface area contributed by atoms with Crippen LogP contribution in [0.2, 0.25) is 0 Å². The smallest absolute Gasteiger partial charge is 0.253 e. The maximum atomic E-state index is 6.47. The number of ether oxygens (including phenoxy) is 1. The van der Waals surface area contributed by atoms with Crippen LogP contribution in [0.15, 0.2) is 36.4 Å². The zero-order chi connectivity index (χ0) is 27.4. The fraction of sp³-hybridized carbons (Fsp3) is 0.500. The lowest BCUT2D eigenvalue weighted by atomic mass is 10.1. The molecular formula is C30H37N9O. The molecule has 3 unspecified atom stereocenters. The molecule has 40 heavy (non-hydrogen) atoms. The Balaban J connectivity index is 0.986. The third kappa shape index (κ3) is 4.69. The summed E-state index contributed by atoms with van der Waals surface area (Å²) in [6, 6.07) is 14.2. The number of piperazine rings is 1. The van der Waals surface area contributed by atoms with Crippen LogP contribution in [0.3, 0.4) is 0 Å². The number of likely N-dealkylation sites (tertiary alicyclic amines) is 1. The van der Waals surface area contributed by atoms with Gasteiger partial charge in [-0.3, -0.25) is 4.90 Å². The average molecular weight is 540 g/mol. The van der Waals surface area contributed by atoms with Crippen molar-refractivity contribution in [3.63, 3.8) is 0 Å². The third-order valence-corrected chi connectivity index (χ3v) is 8.78. The second-order valence-electron chi connectivity index (χ2n) is 11.7. The van der Waals surface area contributed by atoms with Gasteiger partial charge in [-0.2, -0.15) is 19.7 Å². The Bertz CT molecular complexity index is 1500. The molecule has 0 aliphatic carbocycles. The maximum absolute atomic E-state index is 6.47. The standard InChI is InChI=1S/C30H37N9O/c1-19-29(20(2)39-30(31-19)32-21(3)35-39)40-27-13-14-37(18-27)24-8-5-22(6-9-24)28-12-7-23(33-34-28)15-38-25-10-11-26(38)17-36(4)16-25/h5-9,12,25-27H,10-11,13-18H2,1-4H3. The van der Waals surface area contributed by atoms with Crippen LogP contribution in [0, 0.1) is 20.8 Å².